The molecule has 1 aromatic heterocycles. The van der Waals surface area contributed by atoms with Gasteiger partial charge in [0.15, 0.2) is 0 Å². The maximum Gasteiger partial charge on any atom is 0.261 e. The van der Waals surface area contributed by atoms with Crippen molar-refractivity contribution in [2.24, 2.45) is 0 Å². The quantitative estimate of drug-likeness (QED) is 0.849. The van der Waals surface area contributed by atoms with Crippen molar-refractivity contribution in [3.8, 4) is 0 Å². The summed E-state index contributed by atoms with van der Waals surface area (Å²) in [7, 11) is 0. The minimum Gasteiger partial charge on any atom is -0.351 e. The zero-order chi connectivity index (χ0) is 15.2. The molecule has 0 spiro atoms. The number of halogens is 1. The summed E-state index contributed by atoms with van der Waals surface area (Å²) in [6, 6.07) is 9.20. The van der Waals surface area contributed by atoms with Crippen LogP contribution in [0.1, 0.15) is 21.7 Å². The summed E-state index contributed by atoms with van der Waals surface area (Å²) in [4.78, 5) is 24.1. The van der Waals surface area contributed by atoms with Crippen LogP contribution in [-0.2, 0) is 4.79 Å². The van der Waals surface area contributed by atoms with Gasteiger partial charge in [-0.15, -0.1) is 11.3 Å². The second-order valence-corrected chi connectivity index (χ2v) is 6.30. The van der Waals surface area contributed by atoms with E-state index >= 15 is 0 Å². The first-order chi connectivity index (χ1) is 10.1. The van der Waals surface area contributed by atoms with Gasteiger partial charge in [0.05, 0.1) is 4.88 Å². The second-order valence-electron chi connectivity index (χ2n) is 4.50. The molecule has 0 bridgehead atoms. The third-order valence-electron chi connectivity index (χ3n) is 2.82. The van der Waals surface area contributed by atoms with Crippen LogP contribution in [0.15, 0.2) is 40.2 Å². The number of hydrogen-bond acceptors (Lipinski definition) is 3. The van der Waals surface area contributed by atoms with E-state index in [9.17, 15) is 9.59 Å². The molecule has 0 radical (unpaired) electrons. The van der Waals surface area contributed by atoms with Gasteiger partial charge in [0.25, 0.3) is 5.91 Å². The second kappa shape index (κ2) is 7.38. The van der Waals surface area contributed by atoms with Crippen molar-refractivity contribution in [3.63, 3.8) is 0 Å². The highest BCUT2D eigenvalue weighted by Crippen LogP contribution is 2.20. The lowest BCUT2D eigenvalue weighted by atomic mass is 10.2. The first-order valence-electron chi connectivity index (χ1n) is 6.44. The van der Waals surface area contributed by atoms with Gasteiger partial charge in [-0.25, -0.2) is 0 Å². The molecule has 0 fully saturated rings. The molecule has 1 heterocycles. The Balaban J connectivity index is 1.77. The van der Waals surface area contributed by atoms with E-state index in [2.05, 4.69) is 26.6 Å². The zero-order valence-corrected chi connectivity index (χ0v) is 13.9. The fraction of sp³-hybridized carbons (Fsp3) is 0.200. The Hall–Kier alpha value is -1.66. The molecule has 0 aliphatic heterocycles. The van der Waals surface area contributed by atoms with Gasteiger partial charge in [0, 0.05) is 23.1 Å². The normalized spacial score (nSPS) is 10.2. The molecule has 0 aliphatic rings. The maximum atomic E-state index is 11.8. The third kappa shape index (κ3) is 4.68. The molecular weight excluding hydrogens is 352 g/mol. The monoisotopic (exact) mass is 366 g/mol. The Morgan fingerprint density at radius 1 is 1.29 bits per heavy atom. The van der Waals surface area contributed by atoms with Crippen molar-refractivity contribution >= 4 is 44.8 Å². The average Bonchev–Trinajstić information content (AvgIpc) is 2.97. The highest BCUT2D eigenvalue weighted by Gasteiger charge is 2.07. The average molecular weight is 367 g/mol. The van der Waals surface area contributed by atoms with Gasteiger partial charge in [-0.05, 0) is 42.1 Å². The highest BCUT2D eigenvalue weighted by molar-refractivity contribution is 9.10. The SMILES string of the molecule is Cc1cc(NC(=O)CCNC(=O)c2cccs2)ccc1Br. The minimum atomic E-state index is -0.141. The predicted octanol–water partition coefficient (Wildman–Crippen LogP) is 3.58. The van der Waals surface area contributed by atoms with Gasteiger partial charge in [-0.2, -0.15) is 0 Å². The van der Waals surface area contributed by atoms with Crippen LogP contribution in [-0.4, -0.2) is 18.4 Å². The van der Waals surface area contributed by atoms with Gasteiger partial charge in [0.1, 0.15) is 0 Å². The van der Waals surface area contributed by atoms with Crippen molar-refractivity contribution in [3.05, 3.63) is 50.6 Å². The number of carbonyl (C=O) groups excluding carboxylic acids is 2. The van der Waals surface area contributed by atoms with E-state index in [0.717, 1.165) is 15.7 Å². The molecule has 0 atom stereocenters. The van der Waals surface area contributed by atoms with Gasteiger partial charge in [-0.3, -0.25) is 9.59 Å². The van der Waals surface area contributed by atoms with Gasteiger partial charge >= 0.3 is 0 Å². The van der Waals surface area contributed by atoms with Crippen molar-refractivity contribution in [2.75, 3.05) is 11.9 Å². The number of anilines is 1. The van der Waals surface area contributed by atoms with Crippen LogP contribution in [0, 0.1) is 6.92 Å². The summed E-state index contributed by atoms with van der Waals surface area (Å²) in [6.07, 6.45) is 0.242. The number of amides is 2. The molecule has 21 heavy (non-hydrogen) atoms. The molecule has 6 heteroatoms. The Bertz CT molecular complexity index is 641. The molecule has 2 aromatic rings. The lowest BCUT2D eigenvalue weighted by molar-refractivity contribution is -0.116. The van der Waals surface area contributed by atoms with Crippen LogP contribution in [0.5, 0.6) is 0 Å². The van der Waals surface area contributed by atoms with Crippen LogP contribution in [0.25, 0.3) is 0 Å². The first-order valence-corrected chi connectivity index (χ1v) is 8.11. The smallest absolute Gasteiger partial charge is 0.261 e. The molecule has 0 saturated heterocycles. The summed E-state index contributed by atoms with van der Waals surface area (Å²) in [5.74, 6) is -0.263. The summed E-state index contributed by atoms with van der Waals surface area (Å²) in [5, 5.41) is 7.38. The molecule has 0 aliphatic carbocycles. The Labute approximate surface area is 135 Å². The molecule has 4 nitrogen and oxygen atoms in total. The van der Waals surface area contributed by atoms with E-state index in [1.807, 2.05) is 36.6 Å². The fourth-order valence-electron chi connectivity index (χ4n) is 1.73. The van der Waals surface area contributed by atoms with Crippen molar-refractivity contribution in [1.29, 1.82) is 0 Å². The van der Waals surface area contributed by atoms with Gasteiger partial charge in [0.2, 0.25) is 5.91 Å². The molecule has 2 amide bonds. The van der Waals surface area contributed by atoms with Gasteiger partial charge < -0.3 is 10.6 Å². The number of nitrogens with one attached hydrogen (secondary N) is 2. The van der Waals surface area contributed by atoms with E-state index in [4.69, 9.17) is 0 Å². The molecule has 1 aromatic carbocycles. The van der Waals surface area contributed by atoms with E-state index < -0.39 is 0 Å². The maximum absolute atomic E-state index is 11.8. The number of aryl methyl sites for hydroxylation is 1. The van der Waals surface area contributed by atoms with Crippen molar-refractivity contribution < 1.29 is 9.59 Å². The Morgan fingerprint density at radius 3 is 2.76 bits per heavy atom. The number of thiophene rings is 1. The Morgan fingerprint density at radius 2 is 2.10 bits per heavy atom. The molecule has 0 unspecified atom stereocenters. The summed E-state index contributed by atoms with van der Waals surface area (Å²) < 4.78 is 1.00. The van der Waals surface area contributed by atoms with E-state index in [1.54, 1.807) is 6.07 Å². The number of benzene rings is 1. The number of hydrogen-bond donors (Lipinski definition) is 2. The van der Waals surface area contributed by atoms with Crippen molar-refractivity contribution in [1.82, 2.24) is 5.32 Å². The summed E-state index contributed by atoms with van der Waals surface area (Å²) in [5.41, 5.74) is 1.81. The molecule has 2 rings (SSSR count). The van der Waals surface area contributed by atoms with Gasteiger partial charge in [-0.1, -0.05) is 22.0 Å². The van der Waals surface area contributed by atoms with E-state index in [0.29, 0.717) is 11.4 Å². The lowest BCUT2D eigenvalue weighted by Gasteiger charge is -2.07. The summed E-state index contributed by atoms with van der Waals surface area (Å²) >= 11 is 4.79. The molecular formula is C15H15BrN2O2S. The number of rotatable bonds is 5. The van der Waals surface area contributed by atoms with E-state index in [-0.39, 0.29) is 18.2 Å². The zero-order valence-electron chi connectivity index (χ0n) is 11.5. The topological polar surface area (TPSA) is 58.2 Å². The summed E-state index contributed by atoms with van der Waals surface area (Å²) in [6.45, 7) is 2.28. The largest absolute Gasteiger partial charge is 0.351 e. The molecule has 110 valence electrons. The lowest BCUT2D eigenvalue weighted by Crippen LogP contribution is -2.27. The van der Waals surface area contributed by atoms with Crippen LogP contribution in [0.3, 0.4) is 0 Å². The van der Waals surface area contributed by atoms with Crippen LogP contribution in [0.2, 0.25) is 0 Å². The van der Waals surface area contributed by atoms with Crippen LogP contribution < -0.4 is 10.6 Å². The van der Waals surface area contributed by atoms with Crippen LogP contribution in [0.4, 0.5) is 5.69 Å². The molecule has 2 N–H and O–H groups in total. The molecule has 0 saturated carbocycles. The van der Waals surface area contributed by atoms with Crippen molar-refractivity contribution in [2.45, 2.75) is 13.3 Å². The standard InChI is InChI=1S/C15H15BrN2O2S/c1-10-9-11(4-5-12(10)16)18-14(19)6-7-17-15(20)13-3-2-8-21-13/h2-5,8-9H,6-7H2,1H3,(H,17,20)(H,18,19). The van der Waals surface area contributed by atoms with E-state index in [1.165, 1.54) is 11.3 Å². The Kier molecular flexibility index (Phi) is 5.52. The predicted molar refractivity (Wildman–Crippen MR) is 88.8 cm³/mol. The minimum absolute atomic E-state index is 0.122. The highest BCUT2D eigenvalue weighted by atomic mass is 79.9. The van der Waals surface area contributed by atoms with Crippen LogP contribution >= 0.6 is 27.3 Å². The fourth-order valence-corrected chi connectivity index (χ4v) is 2.62. The third-order valence-corrected chi connectivity index (χ3v) is 4.58. The first kappa shape index (κ1) is 15.7. The number of carbonyl (C=O) groups is 2.